The van der Waals surface area contributed by atoms with Gasteiger partial charge in [0.2, 0.25) is 5.95 Å². The number of nitrogen functional groups attached to an aromatic ring is 2. The molecule has 7 N–H and O–H groups in total. The fourth-order valence-corrected chi connectivity index (χ4v) is 7.15. The molecule has 4 unspecified atom stereocenters. The van der Waals surface area contributed by atoms with Crippen molar-refractivity contribution in [3.05, 3.63) is 35.3 Å². The number of aromatic amines is 1. The molecule has 0 saturated carbocycles. The molecule has 20 nitrogen and oxygen atoms in total. The second-order valence-corrected chi connectivity index (χ2v) is 13.3. The highest BCUT2D eigenvalue weighted by Gasteiger charge is 2.55. The number of hydrogen-bond donors (Lipinski definition) is 5. The average molecular weight is 677 g/mol. The van der Waals surface area contributed by atoms with Crippen LogP contribution in [0.4, 0.5) is 20.4 Å². The first kappa shape index (κ1) is 30.2. The Labute approximate surface area is 248 Å². The Morgan fingerprint density at radius 3 is 2.47 bits per heavy atom. The predicted molar refractivity (Wildman–Crippen MR) is 143 cm³/mol. The minimum atomic E-state index is -5.21. The molecule has 3 aliphatic rings. The second kappa shape index (κ2) is 10.8. The number of nitrogens with zero attached hydrogens (tertiary/aromatic N) is 6. The monoisotopic (exact) mass is 677 g/mol. The van der Waals surface area contributed by atoms with E-state index in [9.17, 15) is 23.7 Å². The number of halogens is 2. The first-order chi connectivity index (χ1) is 21.3. The summed E-state index contributed by atoms with van der Waals surface area (Å²) >= 11 is 0. The normalized spacial score (nSPS) is 37.7. The van der Waals surface area contributed by atoms with Gasteiger partial charge in [-0.15, -0.1) is 0 Å². The third kappa shape index (κ3) is 5.31. The van der Waals surface area contributed by atoms with Crippen molar-refractivity contribution >= 4 is 49.4 Å². The summed E-state index contributed by atoms with van der Waals surface area (Å²) in [5, 5.41) is 0. The van der Waals surface area contributed by atoms with Crippen LogP contribution in [0.1, 0.15) is 12.5 Å². The SMILES string of the molecule is Nc1nc2c(ncn2[C@@H]2O[C@@H]3COP(=O)(O)O[C@@H]4C(F)[C@H](n5cnc6c(N)ccnc65)O[C@@H]4OCP(=O)(O)OC2[C@H]3F)c(=O)[nH]1. The van der Waals surface area contributed by atoms with E-state index in [2.05, 4.69) is 24.9 Å². The first-order valence-corrected chi connectivity index (χ1v) is 16.2. The van der Waals surface area contributed by atoms with Crippen molar-refractivity contribution in [2.45, 2.75) is 49.4 Å². The number of rotatable bonds is 2. The van der Waals surface area contributed by atoms with E-state index in [1.165, 1.54) is 12.3 Å². The van der Waals surface area contributed by atoms with Gasteiger partial charge in [-0.3, -0.25) is 37.0 Å². The maximum Gasteiger partial charge on any atom is 0.472 e. The van der Waals surface area contributed by atoms with E-state index in [4.69, 9.17) is 39.2 Å². The highest BCUT2D eigenvalue weighted by atomic mass is 31.2. The largest absolute Gasteiger partial charge is 0.472 e. The van der Waals surface area contributed by atoms with Crippen LogP contribution in [0.15, 0.2) is 29.7 Å². The number of pyridine rings is 1. The van der Waals surface area contributed by atoms with Crippen LogP contribution in [-0.2, 0) is 36.9 Å². The van der Waals surface area contributed by atoms with Crippen molar-refractivity contribution in [3.8, 4) is 0 Å². The molecule has 2 bridgehead atoms. The Morgan fingerprint density at radius 1 is 0.956 bits per heavy atom. The number of H-pyrrole nitrogens is 1. The number of fused-ring (bicyclic) bond motifs is 5. The molecule has 45 heavy (non-hydrogen) atoms. The Balaban J connectivity index is 1.21. The zero-order valence-corrected chi connectivity index (χ0v) is 24.2. The molecule has 0 aromatic carbocycles. The summed E-state index contributed by atoms with van der Waals surface area (Å²) in [6.45, 7) is -0.974. The molecule has 24 heteroatoms. The van der Waals surface area contributed by atoms with Crippen molar-refractivity contribution in [1.82, 2.24) is 34.1 Å². The van der Waals surface area contributed by atoms with Gasteiger partial charge < -0.3 is 35.5 Å². The topological polar surface area (TPSA) is 276 Å². The molecule has 0 amide bonds. The third-order valence-electron chi connectivity index (χ3n) is 7.23. The van der Waals surface area contributed by atoms with E-state index in [0.717, 1.165) is 21.8 Å². The number of alkyl halides is 2. The van der Waals surface area contributed by atoms with Crippen LogP contribution >= 0.6 is 15.4 Å². The molecule has 0 radical (unpaired) electrons. The number of anilines is 2. The molecule has 4 aromatic rings. The van der Waals surface area contributed by atoms with Crippen molar-refractivity contribution in [2.24, 2.45) is 0 Å². The molecule has 7 heterocycles. The van der Waals surface area contributed by atoms with Crippen LogP contribution in [0.25, 0.3) is 22.3 Å². The Bertz CT molecular complexity index is 1940. The zero-order valence-electron chi connectivity index (χ0n) is 22.4. The summed E-state index contributed by atoms with van der Waals surface area (Å²) in [5.41, 5.74) is 10.9. The summed E-state index contributed by atoms with van der Waals surface area (Å²) in [4.78, 5) is 51.7. The van der Waals surface area contributed by atoms with Crippen molar-refractivity contribution in [1.29, 1.82) is 0 Å². The Morgan fingerprint density at radius 2 is 1.69 bits per heavy atom. The molecule has 4 aromatic heterocycles. The van der Waals surface area contributed by atoms with E-state index in [-0.39, 0.29) is 34.0 Å². The molecule has 242 valence electrons. The summed E-state index contributed by atoms with van der Waals surface area (Å²) in [7, 11) is -10.2. The van der Waals surface area contributed by atoms with Gasteiger partial charge in [-0.25, -0.2) is 28.3 Å². The molecule has 7 rings (SSSR count). The van der Waals surface area contributed by atoms with Gasteiger partial charge in [-0.2, -0.15) is 4.98 Å². The van der Waals surface area contributed by atoms with Gasteiger partial charge >= 0.3 is 15.4 Å². The van der Waals surface area contributed by atoms with Crippen LogP contribution < -0.4 is 17.0 Å². The Hall–Kier alpha value is -3.43. The maximum atomic E-state index is 15.8. The number of hydrogen-bond acceptors (Lipinski definition) is 15. The lowest BCUT2D eigenvalue weighted by Gasteiger charge is -2.25. The smallest absolute Gasteiger partial charge is 0.397 e. The lowest BCUT2D eigenvalue weighted by Crippen LogP contribution is -2.33. The molecule has 10 atom stereocenters. The summed E-state index contributed by atoms with van der Waals surface area (Å²) < 4.78 is 91.8. The van der Waals surface area contributed by atoms with Crippen LogP contribution in [0.2, 0.25) is 0 Å². The van der Waals surface area contributed by atoms with Gasteiger partial charge in [0, 0.05) is 6.20 Å². The van der Waals surface area contributed by atoms with Gasteiger partial charge in [0.05, 0.1) is 24.9 Å². The number of phosphoric ester groups is 1. The van der Waals surface area contributed by atoms with Gasteiger partial charge in [0.1, 0.15) is 17.7 Å². The minimum absolute atomic E-state index is 0.0927. The van der Waals surface area contributed by atoms with E-state index in [0.29, 0.717) is 0 Å². The van der Waals surface area contributed by atoms with Crippen LogP contribution in [-0.4, -0.2) is 93.7 Å². The lowest BCUT2D eigenvalue weighted by atomic mass is 10.1. The van der Waals surface area contributed by atoms with Gasteiger partial charge in [-0.1, -0.05) is 0 Å². The highest BCUT2D eigenvalue weighted by molar-refractivity contribution is 7.52. The van der Waals surface area contributed by atoms with Crippen LogP contribution in [0.5, 0.6) is 0 Å². The summed E-state index contributed by atoms with van der Waals surface area (Å²) in [6, 6.07) is 1.46. The number of nitrogens with two attached hydrogens (primary N) is 2. The van der Waals surface area contributed by atoms with E-state index in [1.54, 1.807) is 0 Å². The number of ether oxygens (including phenoxy) is 3. The second-order valence-electron chi connectivity index (χ2n) is 10.2. The zero-order chi connectivity index (χ0) is 31.8. The summed E-state index contributed by atoms with van der Waals surface area (Å²) in [5.74, 6) is -0.318. The van der Waals surface area contributed by atoms with E-state index >= 15 is 8.78 Å². The molecular formula is C21H23F2N9O11P2. The maximum absolute atomic E-state index is 15.8. The highest BCUT2D eigenvalue weighted by Crippen LogP contribution is 2.54. The molecule has 0 spiro atoms. The van der Waals surface area contributed by atoms with E-state index in [1.807, 2.05) is 0 Å². The molecule has 3 aliphatic heterocycles. The quantitative estimate of drug-likeness (QED) is 0.177. The van der Waals surface area contributed by atoms with Crippen molar-refractivity contribution < 1.29 is 55.5 Å². The lowest BCUT2D eigenvalue weighted by molar-refractivity contribution is -0.167. The van der Waals surface area contributed by atoms with Gasteiger partial charge in [0.25, 0.3) is 5.56 Å². The van der Waals surface area contributed by atoms with E-state index < -0.39 is 83.3 Å². The van der Waals surface area contributed by atoms with Crippen LogP contribution in [0.3, 0.4) is 0 Å². The standard InChI is InChI=1S/C21H23F2N9O11P2/c22-9-8-3-39-45(36,37)43-14-10(23)18(31-4-27-11-7(24)1-2-26-15(11)31)41-20(14)38-6-44(34,35)42-13(9)19(40-8)32-5-28-12-16(32)29-21(25)30-17(12)33/h1-2,4-5,8-10,13-14,18-20H,3,6H2,(H2,24,26)(H,34,35)(H,36,37)(H3,25,29,30,33)/t8-,9+,10?,13?,14-,18-,19-,20+/m1/s1. The number of nitrogens with one attached hydrogen (secondary N) is 1. The fraction of sp³-hybridized carbons (Fsp3) is 0.476. The molecule has 0 aliphatic carbocycles. The number of aromatic nitrogens is 7. The summed E-state index contributed by atoms with van der Waals surface area (Å²) in [6.07, 6.45) is -13.0. The minimum Gasteiger partial charge on any atom is -0.397 e. The Kier molecular flexibility index (Phi) is 7.28. The predicted octanol–water partition coefficient (Wildman–Crippen LogP) is 0.218. The fourth-order valence-electron chi connectivity index (χ4n) is 5.24. The molecular weight excluding hydrogens is 654 g/mol. The number of phosphoric acid groups is 1. The third-order valence-corrected chi connectivity index (χ3v) is 9.26. The average Bonchev–Trinajstić information content (AvgIpc) is 3.72. The van der Waals surface area contributed by atoms with Crippen molar-refractivity contribution in [3.63, 3.8) is 0 Å². The van der Waals surface area contributed by atoms with Crippen molar-refractivity contribution in [2.75, 3.05) is 24.4 Å². The van der Waals surface area contributed by atoms with Gasteiger partial charge in [0.15, 0.2) is 60.4 Å². The van der Waals surface area contributed by atoms with Crippen LogP contribution in [0, 0.1) is 0 Å². The first-order valence-electron chi connectivity index (χ1n) is 13.0. The molecule has 3 fully saturated rings. The molecule has 3 saturated heterocycles. The number of imidazole rings is 2. The van der Waals surface area contributed by atoms with Gasteiger partial charge in [-0.05, 0) is 6.07 Å².